The summed E-state index contributed by atoms with van der Waals surface area (Å²) in [6.07, 6.45) is 6.04. The molecule has 178 valence electrons. The van der Waals surface area contributed by atoms with E-state index in [9.17, 15) is 4.79 Å². The molecule has 2 aliphatic heterocycles. The van der Waals surface area contributed by atoms with E-state index in [0.717, 1.165) is 49.1 Å². The number of carbonyl (C=O) groups is 1. The highest BCUT2D eigenvalue weighted by Crippen LogP contribution is 2.64. The highest BCUT2D eigenvalue weighted by Gasteiger charge is 2.67. The summed E-state index contributed by atoms with van der Waals surface area (Å²) >= 11 is 0. The number of carbonyl (C=O) groups excluding carboxylic acids is 1. The van der Waals surface area contributed by atoms with Crippen LogP contribution in [-0.4, -0.2) is 42.8 Å². The van der Waals surface area contributed by atoms with Crippen LogP contribution >= 0.6 is 0 Å². The van der Waals surface area contributed by atoms with Crippen LogP contribution in [0.1, 0.15) is 53.6 Å². The van der Waals surface area contributed by atoms with E-state index in [-0.39, 0.29) is 5.91 Å². The topological polar surface area (TPSA) is 60.0 Å². The summed E-state index contributed by atoms with van der Waals surface area (Å²) in [6.45, 7) is 3.15. The van der Waals surface area contributed by atoms with Gasteiger partial charge in [0, 0.05) is 54.7 Å². The third kappa shape index (κ3) is 3.12. The monoisotopic (exact) mass is 460 g/mol. The molecule has 2 aromatic rings. The summed E-state index contributed by atoms with van der Waals surface area (Å²) in [5.41, 5.74) is 2.47. The third-order valence-corrected chi connectivity index (χ3v) is 8.94. The first-order valence-electron chi connectivity index (χ1n) is 12.9. The summed E-state index contributed by atoms with van der Waals surface area (Å²) in [6, 6.07) is 17.8. The van der Waals surface area contributed by atoms with Crippen molar-refractivity contribution in [3.63, 3.8) is 0 Å². The Morgan fingerprint density at radius 1 is 0.794 bits per heavy atom. The van der Waals surface area contributed by atoms with Gasteiger partial charge in [0.15, 0.2) is 0 Å². The van der Waals surface area contributed by atoms with Gasteiger partial charge in [0.25, 0.3) is 11.7 Å². The molecule has 1 amide bonds. The fourth-order valence-electron chi connectivity index (χ4n) is 7.45. The molecular weight excluding hydrogens is 428 g/mol. The number of hydrogen-bond acceptors (Lipinski definition) is 5. The summed E-state index contributed by atoms with van der Waals surface area (Å²) in [4.78, 5) is 27.5. The van der Waals surface area contributed by atoms with E-state index in [2.05, 4.69) is 5.32 Å². The summed E-state index contributed by atoms with van der Waals surface area (Å²) < 4.78 is 7.05. The molecule has 6 heteroatoms. The predicted octanol–water partition coefficient (Wildman–Crippen LogP) is 4.06. The van der Waals surface area contributed by atoms with Crippen LogP contribution in [0.4, 0.5) is 0 Å². The average molecular weight is 461 g/mol. The van der Waals surface area contributed by atoms with Crippen molar-refractivity contribution < 1.29 is 19.3 Å². The number of nitrogens with one attached hydrogen (secondary N) is 1. The Hall–Kier alpha value is -2.25. The molecule has 1 spiro atoms. The molecule has 34 heavy (non-hydrogen) atoms. The Morgan fingerprint density at radius 3 is 2.06 bits per heavy atom. The molecular formula is C28H32N2O4. The number of hydrogen-bond donors (Lipinski definition) is 1. The van der Waals surface area contributed by atoms with Crippen molar-refractivity contribution >= 4 is 5.91 Å². The lowest BCUT2D eigenvalue weighted by Gasteiger charge is -2.57. The first-order chi connectivity index (χ1) is 16.7. The van der Waals surface area contributed by atoms with Crippen LogP contribution in [0.3, 0.4) is 0 Å². The lowest BCUT2D eigenvalue weighted by atomic mass is 9.53. The second kappa shape index (κ2) is 7.89. The van der Waals surface area contributed by atoms with Crippen molar-refractivity contribution in [3.05, 3.63) is 71.3 Å². The highest BCUT2D eigenvalue weighted by atomic mass is 17.3. The van der Waals surface area contributed by atoms with E-state index in [1.807, 2.05) is 59.5 Å². The van der Waals surface area contributed by atoms with Crippen LogP contribution in [0.15, 0.2) is 54.6 Å². The van der Waals surface area contributed by atoms with Crippen molar-refractivity contribution in [1.29, 1.82) is 0 Å². The molecule has 2 heterocycles. The van der Waals surface area contributed by atoms with Gasteiger partial charge in [0.05, 0.1) is 0 Å². The molecule has 2 saturated heterocycles. The van der Waals surface area contributed by atoms with E-state index < -0.39 is 11.6 Å². The number of benzene rings is 2. The minimum atomic E-state index is -1.13. The molecule has 0 aromatic heterocycles. The van der Waals surface area contributed by atoms with Crippen molar-refractivity contribution in [3.8, 4) is 0 Å². The van der Waals surface area contributed by atoms with Crippen molar-refractivity contribution in [2.45, 2.75) is 43.7 Å². The first-order valence-corrected chi connectivity index (χ1v) is 12.9. The minimum Gasteiger partial charge on any atom is -0.336 e. The predicted molar refractivity (Wildman–Crippen MR) is 125 cm³/mol. The van der Waals surface area contributed by atoms with Crippen LogP contribution in [-0.2, 0) is 20.3 Å². The molecule has 1 N–H and O–H groups in total. The van der Waals surface area contributed by atoms with E-state index >= 15 is 0 Å². The molecule has 4 saturated carbocycles. The second-order valence-corrected chi connectivity index (χ2v) is 10.9. The standard InChI is InChI=1S/C28H32N2O4/c31-26(30-12-10-29-11-13-30)21-6-8-23(9-7-21)27(22-4-2-1-3-5-22)32-28(34-33-27)24-15-19-14-20(17-24)18-25(28)16-19/h1-9,19-20,24-25,29H,10-18H2. The Balaban J connectivity index is 1.24. The van der Waals surface area contributed by atoms with E-state index in [1.54, 1.807) is 0 Å². The van der Waals surface area contributed by atoms with Gasteiger partial charge in [0.2, 0.25) is 5.79 Å². The maximum absolute atomic E-state index is 13.0. The van der Waals surface area contributed by atoms with Gasteiger partial charge in [-0.05, 0) is 56.1 Å². The Labute approximate surface area is 200 Å². The smallest absolute Gasteiger partial charge is 0.256 e. The van der Waals surface area contributed by atoms with Crippen molar-refractivity contribution in [1.82, 2.24) is 10.2 Å². The van der Waals surface area contributed by atoms with Gasteiger partial charge >= 0.3 is 0 Å². The SMILES string of the molecule is O=C(c1ccc(C2(c3ccccc3)OOC3(O2)C2CC4CC(C2)CC3C4)cc1)N1CCNCC1. The maximum atomic E-state index is 13.0. The molecule has 6 nitrogen and oxygen atoms in total. The van der Waals surface area contributed by atoms with Crippen LogP contribution in [0.25, 0.3) is 0 Å². The second-order valence-electron chi connectivity index (χ2n) is 10.9. The Bertz CT molecular complexity index is 1040. The van der Waals surface area contributed by atoms with Crippen LogP contribution in [0.2, 0.25) is 0 Å². The highest BCUT2D eigenvalue weighted by molar-refractivity contribution is 5.94. The van der Waals surface area contributed by atoms with Gasteiger partial charge < -0.3 is 15.0 Å². The molecule has 6 aliphatic rings. The van der Waals surface area contributed by atoms with Crippen molar-refractivity contribution in [2.75, 3.05) is 26.2 Å². The molecule has 4 bridgehead atoms. The molecule has 8 rings (SSSR count). The van der Waals surface area contributed by atoms with Gasteiger partial charge in [-0.3, -0.25) is 4.79 Å². The quantitative estimate of drug-likeness (QED) is 0.700. The number of nitrogens with zero attached hydrogens (tertiary/aromatic N) is 1. The Morgan fingerprint density at radius 2 is 1.41 bits per heavy atom. The molecule has 1 atom stereocenters. The molecule has 0 radical (unpaired) electrons. The summed E-state index contributed by atoms with van der Waals surface area (Å²) in [5.74, 6) is 0.630. The normalized spacial score (nSPS) is 38.5. The fourth-order valence-corrected chi connectivity index (χ4v) is 7.45. The zero-order valence-electron chi connectivity index (χ0n) is 19.4. The molecule has 6 fully saturated rings. The van der Waals surface area contributed by atoms with E-state index in [0.29, 0.717) is 17.4 Å². The summed E-state index contributed by atoms with van der Waals surface area (Å²) in [5, 5.41) is 3.30. The van der Waals surface area contributed by atoms with Gasteiger partial charge in [-0.15, -0.1) is 0 Å². The number of amides is 1. The third-order valence-electron chi connectivity index (χ3n) is 8.94. The number of rotatable bonds is 3. The zero-order valence-corrected chi connectivity index (χ0v) is 19.4. The van der Waals surface area contributed by atoms with Crippen LogP contribution in [0, 0.1) is 23.7 Å². The maximum Gasteiger partial charge on any atom is 0.256 e. The zero-order chi connectivity index (χ0) is 22.8. The molecule has 2 aromatic carbocycles. The van der Waals surface area contributed by atoms with Gasteiger partial charge in [-0.2, -0.15) is 9.78 Å². The minimum absolute atomic E-state index is 0.0730. The fraction of sp³-hybridized carbons (Fsp3) is 0.536. The largest absolute Gasteiger partial charge is 0.336 e. The van der Waals surface area contributed by atoms with Crippen LogP contribution < -0.4 is 5.32 Å². The van der Waals surface area contributed by atoms with Crippen molar-refractivity contribution in [2.24, 2.45) is 23.7 Å². The number of ether oxygens (including phenoxy) is 1. The van der Waals surface area contributed by atoms with Gasteiger partial charge in [-0.1, -0.05) is 42.5 Å². The molecule has 4 aliphatic carbocycles. The van der Waals surface area contributed by atoms with Crippen LogP contribution in [0.5, 0.6) is 0 Å². The molecule has 1 unspecified atom stereocenters. The first kappa shape index (κ1) is 21.1. The lowest BCUT2D eigenvalue weighted by molar-refractivity contribution is -0.387. The van der Waals surface area contributed by atoms with E-state index in [1.165, 1.54) is 32.1 Å². The van der Waals surface area contributed by atoms with Gasteiger partial charge in [-0.25, -0.2) is 0 Å². The van der Waals surface area contributed by atoms with Gasteiger partial charge in [0.1, 0.15) is 0 Å². The average Bonchev–Trinajstić information content (AvgIpc) is 3.31. The lowest BCUT2D eigenvalue weighted by Crippen LogP contribution is -2.59. The summed E-state index contributed by atoms with van der Waals surface area (Å²) in [7, 11) is 0. The Kier molecular flexibility index (Phi) is 4.89. The number of piperazine rings is 1. The van der Waals surface area contributed by atoms with E-state index in [4.69, 9.17) is 14.5 Å².